The van der Waals surface area contributed by atoms with Crippen molar-refractivity contribution >= 4 is 32.4 Å². The molecule has 2 aromatic carbocycles. The molecule has 0 aliphatic rings. The number of nitrogens with zero attached hydrogens (tertiary/aromatic N) is 3. The summed E-state index contributed by atoms with van der Waals surface area (Å²) >= 11 is 0. The lowest BCUT2D eigenvalue weighted by Gasteiger charge is -2.13. The van der Waals surface area contributed by atoms with E-state index in [2.05, 4.69) is 10.0 Å². The SMILES string of the molecule is CNc1ccc(C#N)cc1NS(=O)(=O)c1ccc2c(c1)n(C)c(=O)n2C. The fourth-order valence-electron chi connectivity index (χ4n) is 2.77. The van der Waals surface area contributed by atoms with Gasteiger partial charge < -0.3 is 5.32 Å². The van der Waals surface area contributed by atoms with E-state index in [0.717, 1.165) is 0 Å². The molecule has 2 N–H and O–H groups in total. The highest BCUT2D eigenvalue weighted by Gasteiger charge is 2.19. The van der Waals surface area contributed by atoms with Gasteiger partial charge in [0, 0.05) is 21.1 Å². The minimum atomic E-state index is -3.91. The summed E-state index contributed by atoms with van der Waals surface area (Å²) in [4.78, 5) is 12.0. The molecule has 134 valence electrons. The molecule has 3 rings (SSSR count). The van der Waals surface area contributed by atoms with Crippen LogP contribution in [-0.2, 0) is 24.1 Å². The number of nitriles is 1. The molecule has 0 spiro atoms. The van der Waals surface area contributed by atoms with E-state index < -0.39 is 10.0 Å². The van der Waals surface area contributed by atoms with Crippen LogP contribution < -0.4 is 15.7 Å². The lowest BCUT2D eigenvalue weighted by atomic mass is 10.2. The second kappa shape index (κ2) is 6.24. The zero-order chi connectivity index (χ0) is 19.1. The van der Waals surface area contributed by atoms with E-state index in [1.807, 2.05) is 6.07 Å². The van der Waals surface area contributed by atoms with Crippen LogP contribution in [0.3, 0.4) is 0 Å². The van der Waals surface area contributed by atoms with E-state index in [9.17, 15) is 13.2 Å². The Kier molecular flexibility index (Phi) is 4.21. The first-order valence-electron chi connectivity index (χ1n) is 7.68. The number of fused-ring (bicyclic) bond motifs is 1. The van der Waals surface area contributed by atoms with Crippen molar-refractivity contribution in [2.45, 2.75) is 4.90 Å². The Balaban J connectivity index is 2.10. The molecule has 1 heterocycles. The molecule has 26 heavy (non-hydrogen) atoms. The van der Waals surface area contributed by atoms with Gasteiger partial charge in [0.25, 0.3) is 10.0 Å². The number of imidazole rings is 1. The van der Waals surface area contributed by atoms with Crippen LogP contribution in [0.1, 0.15) is 5.56 Å². The molecule has 1 aromatic heterocycles. The van der Waals surface area contributed by atoms with Crippen LogP contribution >= 0.6 is 0 Å². The number of aromatic nitrogens is 2. The van der Waals surface area contributed by atoms with Gasteiger partial charge in [0.2, 0.25) is 0 Å². The van der Waals surface area contributed by atoms with Gasteiger partial charge in [-0.25, -0.2) is 13.2 Å². The van der Waals surface area contributed by atoms with E-state index >= 15 is 0 Å². The summed E-state index contributed by atoms with van der Waals surface area (Å²) in [6.45, 7) is 0. The number of hydrogen-bond donors (Lipinski definition) is 2. The fourth-order valence-corrected chi connectivity index (χ4v) is 3.86. The first kappa shape index (κ1) is 17.6. The molecule has 0 atom stereocenters. The van der Waals surface area contributed by atoms with Crippen molar-refractivity contribution in [1.82, 2.24) is 9.13 Å². The molecule has 9 heteroatoms. The predicted molar refractivity (Wildman–Crippen MR) is 99.7 cm³/mol. The normalized spacial score (nSPS) is 11.3. The van der Waals surface area contributed by atoms with Crippen LogP contribution in [-0.4, -0.2) is 24.6 Å². The van der Waals surface area contributed by atoms with Crippen LogP contribution in [0.5, 0.6) is 0 Å². The third kappa shape index (κ3) is 2.80. The second-order valence-corrected chi connectivity index (χ2v) is 7.46. The number of sulfonamides is 1. The largest absolute Gasteiger partial charge is 0.386 e. The highest BCUT2D eigenvalue weighted by Crippen LogP contribution is 2.26. The highest BCUT2D eigenvalue weighted by atomic mass is 32.2. The Morgan fingerprint density at radius 2 is 1.69 bits per heavy atom. The first-order valence-corrected chi connectivity index (χ1v) is 9.17. The Morgan fingerprint density at radius 1 is 1.00 bits per heavy atom. The third-order valence-electron chi connectivity index (χ3n) is 4.22. The van der Waals surface area contributed by atoms with Gasteiger partial charge in [-0.05, 0) is 36.4 Å². The zero-order valence-corrected chi connectivity index (χ0v) is 15.3. The van der Waals surface area contributed by atoms with Crippen molar-refractivity contribution < 1.29 is 8.42 Å². The molecule has 0 amide bonds. The average molecular weight is 371 g/mol. The number of aryl methyl sites for hydroxylation is 2. The first-order chi connectivity index (χ1) is 12.3. The van der Waals surface area contributed by atoms with Gasteiger partial charge in [-0.15, -0.1) is 0 Å². The fraction of sp³-hybridized carbons (Fsp3) is 0.176. The van der Waals surface area contributed by atoms with E-state index in [1.165, 1.54) is 27.3 Å². The Labute approximate surface area is 150 Å². The molecule has 0 bridgehead atoms. The molecule has 8 nitrogen and oxygen atoms in total. The van der Waals surface area contributed by atoms with Gasteiger partial charge >= 0.3 is 5.69 Å². The molecular formula is C17H17N5O3S. The Bertz CT molecular complexity index is 1220. The van der Waals surface area contributed by atoms with Gasteiger partial charge in [-0.2, -0.15) is 5.26 Å². The minimum Gasteiger partial charge on any atom is -0.386 e. The van der Waals surface area contributed by atoms with Crippen molar-refractivity contribution in [3.05, 3.63) is 52.4 Å². The van der Waals surface area contributed by atoms with E-state index in [-0.39, 0.29) is 16.3 Å². The number of anilines is 2. The minimum absolute atomic E-state index is 0.0237. The molecule has 0 fully saturated rings. The van der Waals surface area contributed by atoms with Crippen molar-refractivity contribution in [2.75, 3.05) is 17.1 Å². The van der Waals surface area contributed by atoms with Crippen LogP contribution in [0, 0.1) is 11.3 Å². The summed E-state index contributed by atoms with van der Waals surface area (Å²) in [5, 5.41) is 11.9. The maximum atomic E-state index is 12.8. The van der Waals surface area contributed by atoms with Crippen LogP contribution in [0.4, 0.5) is 11.4 Å². The summed E-state index contributed by atoms with van der Waals surface area (Å²) in [7, 11) is 0.967. The molecule has 0 aliphatic carbocycles. The maximum Gasteiger partial charge on any atom is 0.328 e. The molecule has 3 aromatic rings. The number of hydrogen-bond acceptors (Lipinski definition) is 5. The van der Waals surface area contributed by atoms with E-state index in [0.29, 0.717) is 22.3 Å². The second-order valence-electron chi connectivity index (χ2n) is 5.78. The highest BCUT2D eigenvalue weighted by molar-refractivity contribution is 7.92. The molecule has 0 saturated heterocycles. The Morgan fingerprint density at radius 3 is 2.35 bits per heavy atom. The predicted octanol–water partition coefficient (Wildman–Crippen LogP) is 1.59. The van der Waals surface area contributed by atoms with Gasteiger partial charge in [0.05, 0.1) is 38.9 Å². The maximum absolute atomic E-state index is 12.8. The summed E-state index contributed by atoms with van der Waals surface area (Å²) in [6, 6.07) is 11.1. The third-order valence-corrected chi connectivity index (χ3v) is 5.58. The van der Waals surface area contributed by atoms with Crippen LogP contribution in [0.25, 0.3) is 11.0 Å². The quantitative estimate of drug-likeness (QED) is 0.724. The number of benzene rings is 2. The number of nitrogens with one attached hydrogen (secondary N) is 2. The van der Waals surface area contributed by atoms with E-state index in [1.54, 1.807) is 39.3 Å². The Hall–Kier alpha value is -3.25. The molecular weight excluding hydrogens is 354 g/mol. The summed E-state index contributed by atoms with van der Waals surface area (Å²) in [5.41, 5.74) is 2.07. The zero-order valence-electron chi connectivity index (χ0n) is 14.4. The lowest BCUT2D eigenvalue weighted by Crippen LogP contribution is -2.19. The van der Waals surface area contributed by atoms with Crippen LogP contribution in [0.15, 0.2) is 46.1 Å². The summed E-state index contributed by atoms with van der Waals surface area (Å²) in [5.74, 6) is 0. The van der Waals surface area contributed by atoms with Gasteiger partial charge in [0.1, 0.15) is 0 Å². The van der Waals surface area contributed by atoms with Crippen LogP contribution in [0.2, 0.25) is 0 Å². The van der Waals surface area contributed by atoms with Gasteiger partial charge in [-0.1, -0.05) is 0 Å². The molecule has 0 saturated carbocycles. The summed E-state index contributed by atoms with van der Waals surface area (Å²) in [6.07, 6.45) is 0. The monoisotopic (exact) mass is 371 g/mol. The molecule has 0 radical (unpaired) electrons. The van der Waals surface area contributed by atoms with E-state index in [4.69, 9.17) is 5.26 Å². The number of rotatable bonds is 4. The van der Waals surface area contributed by atoms with Crippen molar-refractivity contribution in [1.29, 1.82) is 5.26 Å². The summed E-state index contributed by atoms with van der Waals surface area (Å²) < 4.78 is 30.9. The molecule has 0 aliphatic heterocycles. The van der Waals surface area contributed by atoms with Crippen molar-refractivity contribution in [2.24, 2.45) is 14.1 Å². The lowest BCUT2D eigenvalue weighted by molar-refractivity contribution is 0.601. The van der Waals surface area contributed by atoms with Gasteiger partial charge in [-0.3, -0.25) is 13.9 Å². The molecule has 0 unspecified atom stereocenters. The topological polar surface area (TPSA) is 109 Å². The van der Waals surface area contributed by atoms with Gasteiger partial charge in [0.15, 0.2) is 0 Å². The smallest absolute Gasteiger partial charge is 0.328 e. The van der Waals surface area contributed by atoms with Crippen molar-refractivity contribution in [3.8, 4) is 6.07 Å². The standard InChI is InChI=1S/C17H17N5O3S/c1-19-13-6-4-11(10-18)8-14(13)20-26(24,25)12-5-7-15-16(9-12)22(3)17(23)21(15)2/h4-9,19-20H,1-3H3. The average Bonchev–Trinajstić information content (AvgIpc) is 2.85. The van der Waals surface area contributed by atoms with Crippen molar-refractivity contribution in [3.63, 3.8) is 0 Å².